The average molecular weight is 162 g/mol. The van der Waals surface area contributed by atoms with Gasteiger partial charge < -0.3 is 10.6 Å². The summed E-state index contributed by atoms with van der Waals surface area (Å²) >= 11 is 0. The number of nitrogens with zero attached hydrogens (tertiary/aromatic N) is 2. The molecule has 0 aromatic carbocycles. The van der Waals surface area contributed by atoms with Crippen LogP contribution in [0.1, 0.15) is 5.56 Å². The quantitative estimate of drug-likeness (QED) is 0.682. The van der Waals surface area contributed by atoms with Gasteiger partial charge in [-0.25, -0.2) is 4.98 Å². The van der Waals surface area contributed by atoms with E-state index in [1.807, 2.05) is 6.07 Å². The van der Waals surface area contributed by atoms with Crippen molar-refractivity contribution in [3.05, 3.63) is 17.8 Å². The van der Waals surface area contributed by atoms with Crippen molar-refractivity contribution in [1.82, 2.24) is 4.98 Å². The summed E-state index contributed by atoms with van der Waals surface area (Å²) in [7, 11) is 3.56. The lowest BCUT2D eigenvalue weighted by atomic mass is 10.2. The van der Waals surface area contributed by atoms with Gasteiger partial charge in [0.25, 0.3) is 0 Å². The van der Waals surface area contributed by atoms with Gasteiger partial charge in [0.1, 0.15) is 11.9 Å². The maximum Gasteiger partial charge on any atom is 0.127 e. The molecule has 4 nitrogen and oxygen atoms in total. The Kier molecular flexibility index (Phi) is 2.49. The normalized spacial score (nSPS) is 8.75. The molecule has 0 fully saturated rings. The minimum absolute atomic E-state index is 0.552. The smallest absolute Gasteiger partial charge is 0.127 e. The van der Waals surface area contributed by atoms with Gasteiger partial charge in [0, 0.05) is 26.4 Å². The van der Waals surface area contributed by atoms with Crippen LogP contribution in [0.5, 0.6) is 0 Å². The summed E-state index contributed by atoms with van der Waals surface area (Å²) < 4.78 is 0. The number of nitrogens with one attached hydrogen (secondary N) is 2. The first-order chi connectivity index (χ1) is 5.81. The van der Waals surface area contributed by atoms with Crippen LogP contribution < -0.4 is 10.6 Å². The molecule has 0 aliphatic rings. The van der Waals surface area contributed by atoms with E-state index >= 15 is 0 Å². The van der Waals surface area contributed by atoms with Crippen LogP contribution in [0.3, 0.4) is 0 Å². The molecule has 0 bridgehead atoms. The highest BCUT2D eigenvalue weighted by Crippen LogP contribution is 2.16. The minimum Gasteiger partial charge on any atom is -0.387 e. The summed E-state index contributed by atoms with van der Waals surface area (Å²) in [5.41, 5.74) is 1.34. The first kappa shape index (κ1) is 8.34. The van der Waals surface area contributed by atoms with Gasteiger partial charge >= 0.3 is 0 Å². The van der Waals surface area contributed by atoms with Crippen molar-refractivity contribution in [2.75, 3.05) is 24.7 Å². The molecule has 0 unspecified atom stereocenters. The number of anilines is 2. The zero-order valence-corrected chi connectivity index (χ0v) is 7.05. The average Bonchev–Trinajstić information content (AvgIpc) is 2.16. The molecule has 12 heavy (non-hydrogen) atoms. The molecular formula is C8H10N4. The van der Waals surface area contributed by atoms with E-state index in [2.05, 4.69) is 15.6 Å². The zero-order chi connectivity index (χ0) is 8.97. The molecule has 0 aliphatic heterocycles. The second-order valence-corrected chi connectivity index (χ2v) is 2.23. The van der Waals surface area contributed by atoms with Crippen molar-refractivity contribution in [2.24, 2.45) is 0 Å². The molecule has 0 saturated carbocycles. The van der Waals surface area contributed by atoms with E-state index in [9.17, 15) is 0 Å². The molecule has 0 atom stereocenters. The summed E-state index contributed by atoms with van der Waals surface area (Å²) in [6.45, 7) is 0. The molecule has 0 spiro atoms. The topological polar surface area (TPSA) is 60.7 Å². The Balaban J connectivity index is 3.13. The summed E-state index contributed by atoms with van der Waals surface area (Å²) in [4.78, 5) is 4.00. The van der Waals surface area contributed by atoms with Crippen molar-refractivity contribution in [1.29, 1.82) is 5.26 Å². The molecule has 2 N–H and O–H groups in total. The van der Waals surface area contributed by atoms with E-state index in [4.69, 9.17) is 5.26 Å². The predicted octanol–water partition coefficient (Wildman–Crippen LogP) is 1.04. The Morgan fingerprint density at radius 1 is 1.42 bits per heavy atom. The van der Waals surface area contributed by atoms with Crippen LogP contribution >= 0.6 is 0 Å². The molecule has 62 valence electrons. The van der Waals surface area contributed by atoms with E-state index in [0.717, 1.165) is 11.5 Å². The Morgan fingerprint density at radius 2 is 2.17 bits per heavy atom. The lowest BCUT2D eigenvalue weighted by Crippen LogP contribution is -1.97. The van der Waals surface area contributed by atoms with Crippen molar-refractivity contribution in [2.45, 2.75) is 0 Å². The second kappa shape index (κ2) is 3.58. The van der Waals surface area contributed by atoms with Gasteiger partial charge in [0.2, 0.25) is 0 Å². The van der Waals surface area contributed by atoms with E-state index < -0.39 is 0 Å². The Hall–Kier alpha value is -1.76. The van der Waals surface area contributed by atoms with Crippen molar-refractivity contribution in [3.63, 3.8) is 0 Å². The van der Waals surface area contributed by atoms with Crippen LogP contribution in [0.2, 0.25) is 0 Å². The third-order valence-corrected chi connectivity index (χ3v) is 1.55. The highest BCUT2D eigenvalue weighted by molar-refractivity contribution is 5.61. The summed E-state index contributed by atoms with van der Waals surface area (Å²) in [5.74, 6) is 0.748. The van der Waals surface area contributed by atoms with Gasteiger partial charge in [0.15, 0.2) is 0 Å². The first-order valence-electron chi connectivity index (χ1n) is 3.57. The molecule has 0 saturated heterocycles. The van der Waals surface area contributed by atoms with Gasteiger partial charge in [-0.15, -0.1) is 0 Å². The number of pyridine rings is 1. The highest BCUT2D eigenvalue weighted by Gasteiger charge is 2.00. The minimum atomic E-state index is 0.552. The lowest BCUT2D eigenvalue weighted by molar-refractivity contribution is 1.26. The van der Waals surface area contributed by atoms with Crippen LogP contribution in [0.15, 0.2) is 12.3 Å². The second-order valence-electron chi connectivity index (χ2n) is 2.23. The van der Waals surface area contributed by atoms with Crippen LogP contribution in [0.4, 0.5) is 11.5 Å². The Labute approximate surface area is 71.2 Å². The van der Waals surface area contributed by atoms with Gasteiger partial charge in [-0.1, -0.05) is 0 Å². The highest BCUT2D eigenvalue weighted by atomic mass is 15.0. The molecule has 0 amide bonds. The monoisotopic (exact) mass is 162 g/mol. The third-order valence-electron chi connectivity index (χ3n) is 1.55. The van der Waals surface area contributed by atoms with E-state index in [1.165, 1.54) is 6.20 Å². The number of hydrogen-bond acceptors (Lipinski definition) is 4. The summed E-state index contributed by atoms with van der Waals surface area (Å²) in [6.07, 6.45) is 1.54. The summed E-state index contributed by atoms with van der Waals surface area (Å²) in [6, 6.07) is 3.84. The fraction of sp³-hybridized carbons (Fsp3) is 0.250. The van der Waals surface area contributed by atoms with Gasteiger partial charge in [-0.05, 0) is 0 Å². The van der Waals surface area contributed by atoms with Crippen molar-refractivity contribution >= 4 is 11.5 Å². The van der Waals surface area contributed by atoms with Gasteiger partial charge in [0.05, 0.1) is 11.3 Å². The molecule has 1 aromatic heterocycles. The van der Waals surface area contributed by atoms with Crippen LogP contribution in [-0.4, -0.2) is 19.1 Å². The molecule has 1 rings (SSSR count). The summed E-state index contributed by atoms with van der Waals surface area (Å²) in [5, 5.41) is 14.5. The molecule has 0 aliphatic carbocycles. The number of rotatable bonds is 2. The van der Waals surface area contributed by atoms with Gasteiger partial charge in [-0.2, -0.15) is 5.26 Å². The van der Waals surface area contributed by atoms with Crippen LogP contribution in [0.25, 0.3) is 0 Å². The number of aromatic nitrogens is 1. The maximum absolute atomic E-state index is 8.66. The first-order valence-corrected chi connectivity index (χ1v) is 3.57. The van der Waals surface area contributed by atoms with Gasteiger partial charge in [-0.3, -0.25) is 0 Å². The molecule has 1 heterocycles. The van der Waals surface area contributed by atoms with Crippen LogP contribution in [0, 0.1) is 11.3 Å². The fourth-order valence-corrected chi connectivity index (χ4v) is 0.888. The Morgan fingerprint density at radius 3 is 2.67 bits per heavy atom. The van der Waals surface area contributed by atoms with Crippen molar-refractivity contribution in [3.8, 4) is 6.07 Å². The maximum atomic E-state index is 8.66. The zero-order valence-electron chi connectivity index (χ0n) is 7.05. The third kappa shape index (κ3) is 1.45. The molecule has 1 aromatic rings. The van der Waals surface area contributed by atoms with Crippen LogP contribution in [-0.2, 0) is 0 Å². The fourth-order valence-electron chi connectivity index (χ4n) is 0.888. The van der Waals surface area contributed by atoms with Crippen molar-refractivity contribution < 1.29 is 0 Å². The SMILES string of the molecule is CNc1cc(NC)c(C#N)cn1. The van der Waals surface area contributed by atoms with E-state index in [-0.39, 0.29) is 0 Å². The number of nitriles is 1. The molecular weight excluding hydrogens is 152 g/mol. The molecule has 4 heteroatoms. The lowest BCUT2D eigenvalue weighted by Gasteiger charge is -2.04. The Bertz CT molecular complexity index is 313. The predicted molar refractivity (Wildman–Crippen MR) is 48.0 cm³/mol. The number of hydrogen-bond donors (Lipinski definition) is 2. The molecule has 0 radical (unpaired) electrons. The standard InChI is InChI=1S/C8H10N4/c1-10-7-3-8(11-2)12-5-6(7)4-9/h3,5H,1-2H3,(H2,10,11,12). The van der Waals surface area contributed by atoms with E-state index in [1.54, 1.807) is 20.2 Å². The largest absolute Gasteiger partial charge is 0.387 e. The van der Waals surface area contributed by atoms with E-state index in [0.29, 0.717) is 5.56 Å².